The molecule has 2 amide bonds. The highest BCUT2D eigenvalue weighted by Crippen LogP contribution is 2.09. The van der Waals surface area contributed by atoms with Crippen molar-refractivity contribution in [2.75, 3.05) is 10.6 Å². The predicted molar refractivity (Wildman–Crippen MR) is 57.5 cm³/mol. The largest absolute Gasteiger partial charge is 0.325 e. The molecular formula is C10H13N3O2. The third kappa shape index (κ3) is 3.76. The molecule has 0 radical (unpaired) electrons. The third-order valence-corrected chi connectivity index (χ3v) is 1.67. The van der Waals surface area contributed by atoms with Gasteiger partial charge in [0.1, 0.15) is 5.82 Å². The molecule has 1 aromatic heterocycles. The summed E-state index contributed by atoms with van der Waals surface area (Å²) in [5.74, 6) is 0.243. The standard InChI is InChI=1S/C10H13N3O2/c1-3-10(15)13-9-5-4-8(6-11-9)12-7(2)14/h4-6H,3H2,1-2H3,(H,12,14)(H,11,13,15). The minimum Gasteiger partial charge on any atom is -0.325 e. The molecule has 0 aliphatic heterocycles. The molecule has 0 aliphatic rings. The summed E-state index contributed by atoms with van der Waals surface area (Å²) in [6, 6.07) is 3.32. The number of carbonyl (C=O) groups is 2. The molecule has 0 saturated heterocycles. The number of nitrogens with zero attached hydrogens (tertiary/aromatic N) is 1. The van der Waals surface area contributed by atoms with Gasteiger partial charge in [-0.1, -0.05) is 6.92 Å². The Hall–Kier alpha value is -1.91. The lowest BCUT2D eigenvalue weighted by Crippen LogP contribution is -2.11. The SMILES string of the molecule is CCC(=O)Nc1ccc(NC(C)=O)cn1. The number of amides is 2. The Morgan fingerprint density at radius 3 is 2.53 bits per heavy atom. The molecule has 15 heavy (non-hydrogen) atoms. The van der Waals surface area contributed by atoms with Crippen molar-refractivity contribution in [2.24, 2.45) is 0 Å². The maximum atomic E-state index is 11.0. The summed E-state index contributed by atoms with van der Waals surface area (Å²) in [6.45, 7) is 3.19. The van der Waals surface area contributed by atoms with Gasteiger partial charge in [0.25, 0.3) is 0 Å². The summed E-state index contributed by atoms with van der Waals surface area (Å²) in [5.41, 5.74) is 0.608. The zero-order chi connectivity index (χ0) is 11.3. The van der Waals surface area contributed by atoms with Gasteiger partial charge in [-0.25, -0.2) is 4.98 Å². The summed E-state index contributed by atoms with van der Waals surface area (Å²) >= 11 is 0. The number of rotatable bonds is 3. The van der Waals surface area contributed by atoms with Crippen LogP contribution in [0, 0.1) is 0 Å². The summed E-state index contributed by atoms with van der Waals surface area (Å²) in [6.07, 6.45) is 1.90. The van der Waals surface area contributed by atoms with Gasteiger partial charge in [-0.15, -0.1) is 0 Å². The van der Waals surface area contributed by atoms with E-state index >= 15 is 0 Å². The first-order valence-corrected chi connectivity index (χ1v) is 4.65. The fourth-order valence-corrected chi connectivity index (χ4v) is 0.976. The molecule has 5 nitrogen and oxygen atoms in total. The molecule has 0 aromatic carbocycles. The number of carbonyl (C=O) groups excluding carboxylic acids is 2. The van der Waals surface area contributed by atoms with Crippen molar-refractivity contribution >= 4 is 23.3 Å². The molecule has 0 unspecified atom stereocenters. The molecule has 0 saturated carbocycles. The Kier molecular flexibility index (Phi) is 3.79. The zero-order valence-corrected chi connectivity index (χ0v) is 8.70. The van der Waals surface area contributed by atoms with Crippen LogP contribution in [-0.2, 0) is 9.59 Å². The molecule has 0 bridgehead atoms. The van der Waals surface area contributed by atoms with E-state index in [4.69, 9.17) is 0 Å². The Morgan fingerprint density at radius 1 is 1.33 bits per heavy atom. The first-order chi connectivity index (χ1) is 7.11. The van der Waals surface area contributed by atoms with Crippen LogP contribution in [-0.4, -0.2) is 16.8 Å². The Labute approximate surface area is 87.9 Å². The molecule has 2 N–H and O–H groups in total. The van der Waals surface area contributed by atoms with Crippen LogP contribution in [0.2, 0.25) is 0 Å². The lowest BCUT2D eigenvalue weighted by Gasteiger charge is -2.04. The molecule has 1 aromatic rings. The summed E-state index contributed by atoms with van der Waals surface area (Å²) in [7, 11) is 0. The maximum absolute atomic E-state index is 11.0. The highest BCUT2D eigenvalue weighted by Gasteiger charge is 2.00. The van der Waals surface area contributed by atoms with Crippen LogP contribution in [0.4, 0.5) is 11.5 Å². The van der Waals surface area contributed by atoms with Gasteiger partial charge in [0.15, 0.2) is 0 Å². The van der Waals surface area contributed by atoms with Gasteiger partial charge in [0.05, 0.1) is 11.9 Å². The molecule has 0 fully saturated rings. The second-order valence-corrected chi connectivity index (χ2v) is 3.02. The molecule has 1 heterocycles. The van der Waals surface area contributed by atoms with Crippen molar-refractivity contribution in [3.63, 3.8) is 0 Å². The van der Waals surface area contributed by atoms with Crippen molar-refractivity contribution in [1.29, 1.82) is 0 Å². The number of pyridine rings is 1. The fourth-order valence-electron chi connectivity index (χ4n) is 0.976. The third-order valence-electron chi connectivity index (χ3n) is 1.67. The zero-order valence-electron chi connectivity index (χ0n) is 8.70. The van der Waals surface area contributed by atoms with E-state index in [1.54, 1.807) is 19.1 Å². The molecular weight excluding hydrogens is 194 g/mol. The van der Waals surface area contributed by atoms with Crippen LogP contribution in [0.3, 0.4) is 0 Å². The molecule has 5 heteroatoms. The molecule has 1 rings (SSSR count). The smallest absolute Gasteiger partial charge is 0.225 e. The van der Waals surface area contributed by atoms with E-state index in [1.807, 2.05) is 0 Å². The van der Waals surface area contributed by atoms with Crippen LogP contribution in [0.15, 0.2) is 18.3 Å². The van der Waals surface area contributed by atoms with E-state index in [0.29, 0.717) is 17.9 Å². The van der Waals surface area contributed by atoms with Crippen LogP contribution in [0.1, 0.15) is 20.3 Å². The number of nitrogens with one attached hydrogen (secondary N) is 2. The normalized spacial score (nSPS) is 9.47. The molecule has 0 aliphatic carbocycles. The minimum absolute atomic E-state index is 0.0882. The highest BCUT2D eigenvalue weighted by atomic mass is 16.2. The van der Waals surface area contributed by atoms with Crippen molar-refractivity contribution < 1.29 is 9.59 Å². The van der Waals surface area contributed by atoms with Gasteiger partial charge < -0.3 is 10.6 Å². The molecule has 80 valence electrons. The van der Waals surface area contributed by atoms with Crippen LogP contribution in [0.25, 0.3) is 0 Å². The van der Waals surface area contributed by atoms with E-state index in [2.05, 4.69) is 15.6 Å². The average Bonchev–Trinajstić information content (AvgIpc) is 2.20. The minimum atomic E-state index is -0.151. The highest BCUT2D eigenvalue weighted by molar-refractivity contribution is 5.90. The predicted octanol–water partition coefficient (Wildman–Crippen LogP) is 1.39. The van der Waals surface area contributed by atoms with E-state index < -0.39 is 0 Å². The molecule has 0 spiro atoms. The van der Waals surface area contributed by atoms with E-state index in [0.717, 1.165) is 0 Å². The van der Waals surface area contributed by atoms with Crippen molar-refractivity contribution in [3.05, 3.63) is 18.3 Å². The van der Waals surface area contributed by atoms with Crippen LogP contribution < -0.4 is 10.6 Å². The maximum Gasteiger partial charge on any atom is 0.225 e. The van der Waals surface area contributed by atoms with E-state index in [-0.39, 0.29) is 11.8 Å². The van der Waals surface area contributed by atoms with Gasteiger partial charge in [0, 0.05) is 13.3 Å². The number of hydrogen-bond acceptors (Lipinski definition) is 3. The van der Waals surface area contributed by atoms with Crippen LogP contribution >= 0.6 is 0 Å². The Bertz CT molecular complexity index is 359. The average molecular weight is 207 g/mol. The van der Waals surface area contributed by atoms with E-state index in [1.165, 1.54) is 13.1 Å². The number of anilines is 2. The summed E-state index contributed by atoms with van der Waals surface area (Å²) < 4.78 is 0. The van der Waals surface area contributed by atoms with Crippen molar-refractivity contribution in [2.45, 2.75) is 20.3 Å². The number of hydrogen-bond donors (Lipinski definition) is 2. The quantitative estimate of drug-likeness (QED) is 0.786. The Balaban J connectivity index is 2.64. The van der Waals surface area contributed by atoms with Gasteiger partial charge in [0.2, 0.25) is 11.8 Å². The summed E-state index contributed by atoms with van der Waals surface area (Å²) in [5, 5.41) is 5.19. The second kappa shape index (κ2) is 5.09. The second-order valence-electron chi connectivity index (χ2n) is 3.02. The number of aromatic nitrogens is 1. The van der Waals surface area contributed by atoms with Crippen LogP contribution in [0.5, 0.6) is 0 Å². The van der Waals surface area contributed by atoms with Crippen molar-refractivity contribution in [1.82, 2.24) is 4.98 Å². The summed E-state index contributed by atoms with van der Waals surface area (Å²) in [4.78, 5) is 25.7. The first kappa shape index (κ1) is 11.2. The lowest BCUT2D eigenvalue weighted by atomic mass is 10.4. The topological polar surface area (TPSA) is 71.1 Å². The Morgan fingerprint density at radius 2 is 2.07 bits per heavy atom. The molecule has 0 atom stereocenters. The van der Waals surface area contributed by atoms with Crippen molar-refractivity contribution in [3.8, 4) is 0 Å². The fraction of sp³-hybridized carbons (Fsp3) is 0.300. The van der Waals surface area contributed by atoms with Gasteiger partial charge in [-0.05, 0) is 12.1 Å². The van der Waals surface area contributed by atoms with E-state index in [9.17, 15) is 9.59 Å². The first-order valence-electron chi connectivity index (χ1n) is 4.65. The lowest BCUT2D eigenvalue weighted by molar-refractivity contribution is -0.116. The van der Waals surface area contributed by atoms with Gasteiger partial charge >= 0.3 is 0 Å². The van der Waals surface area contributed by atoms with Gasteiger partial charge in [-0.2, -0.15) is 0 Å². The monoisotopic (exact) mass is 207 g/mol. The van der Waals surface area contributed by atoms with Gasteiger partial charge in [-0.3, -0.25) is 9.59 Å².